The van der Waals surface area contributed by atoms with Crippen LogP contribution in [0.5, 0.6) is 11.5 Å². The molecule has 0 bridgehead atoms. The molecule has 4 heteroatoms. The van der Waals surface area contributed by atoms with Gasteiger partial charge in [0.1, 0.15) is 17.3 Å². The number of rotatable bonds is 9. The topological polar surface area (TPSA) is 77.8 Å². The van der Waals surface area contributed by atoms with Crippen molar-refractivity contribution < 1.29 is 20.1 Å². The lowest BCUT2D eigenvalue weighted by Crippen LogP contribution is -2.40. The molecule has 4 nitrogen and oxygen atoms in total. The fourth-order valence-corrected chi connectivity index (χ4v) is 5.34. The second-order valence-corrected chi connectivity index (χ2v) is 11.8. The summed E-state index contributed by atoms with van der Waals surface area (Å²) in [5.74, 6) is -0.563. The van der Waals surface area contributed by atoms with E-state index >= 15 is 0 Å². The minimum absolute atomic E-state index is 0.0502. The molecule has 3 N–H and O–H groups in total. The number of fused-ring (bicyclic) bond motifs is 2. The Morgan fingerprint density at radius 3 is 2.05 bits per heavy atom. The summed E-state index contributed by atoms with van der Waals surface area (Å²) >= 11 is 0. The number of allylic oxidation sites excluding steroid dienone is 9. The second-order valence-electron chi connectivity index (χ2n) is 11.8. The summed E-state index contributed by atoms with van der Waals surface area (Å²) in [7, 11) is 0. The molecule has 0 amide bonds. The van der Waals surface area contributed by atoms with Gasteiger partial charge >= 0.3 is 0 Å². The molecule has 2 aromatic rings. The van der Waals surface area contributed by atoms with Crippen molar-refractivity contribution in [2.75, 3.05) is 0 Å². The van der Waals surface area contributed by atoms with Gasteiger partial charge in [-0.25, -0.2) is 0 Å². The first-order valence-electron chi connectivity index (χ1n) is 13.8. The molecule has 0 unspecified atom stereocenters. The van der Waals surface area contributed by atoms with Gasteiger partial charge in [0.05, 0.1) is 16.4 Å². The van der Waals surface area contributed by atoms with E-state index in [-0.39, 0.29) is 40.4 Å². The molecule has 208 valence electrons. The number of hydrogen-bond acceptors (Lipinski definition) is 4. The Kier molecular flexibility index (Phi) is 9.32. The fourth-order valence-electron chi connectivity index (χ4n) is 5.34. The number of aryl methyl sites for hydroxylation is 1. The third-order valence-electron chi connectivity index (χ3n) is 7.55. The van der Waals surface area contributed by atoms with Crippen LogP contribution in [-0.2, 0) is 10.2 Å². The quantitative estimate of drug-likeness (QED) is 0.283. The molecule has 0 heterocycles. The zero-order valence-corrected chi connectivity index (χ0v) is 24.8. The predicted molar refractivity (Wildman–Crippen MR) is 163 cm³/mol. The van der Waals surface area contributed by atoms with Crippen molar-refractivity contribution in [1.82, 2.24) is 0 Å². The lowest BCUT2D eigenvalue weighted by atomic mass is 9.63. The van der Waals surface area contributed by atoms with Crippen LogP contribution in [0.2, 0.25) is 0 Å². The van der Waals surface area contributed by atoms with Gasteiger partial charge in [0.15, 0.2) is 5.78 Å². The number of ketones is 1. The first kappa shape index (κ1) is 30.0. The number of carbonyl (C=O) groups excluding carboxylic acids is 1. The summed E-state index contributed by atoms with van der Waals surface area (Å²) in [5, 5.41) is 34.7. The average Bonchev–Trinajstić information content (AvgIpc) is 2.82. The van der Waals surface area contributed by atoms with Gasteiger partial charge < -0.3 is 15.3 Å². The Labute approximate surface area is 233 Å². The maximum atomic E-state index is 14.5. The number of hydrogen-bond donors (Lipinski definition) is 3. The van der Waals surface area contributed by atoms with Crippen LogP contribution in [0, 0.1) is 6.92 Å². The van der Waals surface area contributed by atoms with Gasteiger partial charge in [0, 0.05) is 5.57 Å². The Hall–Kier alpha value is -3.53. The molecule has 2 aromatic carbocycles. The van der Waals surface area contributed by atoms with Gasteiger partial charge in [-0.05, 0) is 116 Å². The minimum Gasteiger partial charge on any atom is -0.507 e. The van der Waals surface area contributed by atoms with Gasteiger partial charge in [-0.2, -0.15) is 0 Å². The van der Waals surface area contributed by atoms with Crippen LogP contribution in [0.15, 0.2) is 70.4 Å². The predicted octanol–water partition coefficient (Wildman–Crippen LogP) is 9.44. The van der Waals surface area contributed by atoms with Crippen LogP contribution < -0.4 is 0 Å². The zero-order valence-electron chi connectivity index (χ0n) is 24.8. The van der Waals surface area contributed by atoms with Gasteiger partial charge in [0.25, 0.3) is 0 Å². The standard InChI is InChI=1S/C35H44O4/c1-21(2)10-9-11-24(7)15-17-35(16-14-23(5)6)28-20-26-18-25(8)19-29(36)30(26)33(38)31(28)32(37)27(34(35)39)13-12-22(3)4/h10,12,14-15,18-20,36-38H,9,11,13,16-17H2,1-8H3/t35-/m0/s1. The normalized spacial score (nSPS) is 17.2. The first-order valence-corrected chi connectivity index (χ1v) is 13.8. The Morgan fingerprint density at radius 2 is 1.44 bits per heavy atom. The number of aromatic hydroxyl groups is 2. The van der Waals surface area contributed by atoms with Crippen LogP contribution in [-0.4, -0.2) is 21.1 Å². The number of aliphatic hydroxyl groups is 1. The van der Waals surface area contributed by atoms with E-state index in [9.17, 15) is 20.1 Å². The lowest BCUT2D eigenvalue weighted by Gasteiger charge is -2.38. The Morgan fingerprint density at radius 1 is 0.821 bits per heavy atom. The number of phenolic OH excluding ortho intramolecular Hbond substituents is 2. The molecule has 0 fully saturated rings. The van der Waals surface area contributed by atoms with E-state index in [2.05, 4.69) is 39.0 Å². The monoisotopic (exact) mass is 528 g/mol. The summed E-state index contributed by atoms with van der Waals surface area (Å²) in [6.45, 7) is 16.1. The molecule has 1 atom stereocenters. The van der Waals surface area contributed by atoms with Gasteiger partial charge in [-0.1, -0.05) is 52.7 Å². The van der Waals surface area contributed by atoms with E-state index in [1.165, 1.54) is 11.1 Å². The number of carbonyl (C=O) groups is 1. The molecule has 0 radical (unpaired) electrons. The van der Waals surface area contributed by atoms with E-state index in [0.717, 1.165) is 29.6 Å². The van der Waals surface area contributed by atoms with E-state index in [4.69, 9.17) is 0 Å². The first-order chi connectivity index (χ1) is 18.3. The molecule has 1 aliphatic rings. The Balaban J connectivity index is 2.37. The van der Waals surface area contributed by atoms with Gasteiger partial charge in [0.2, 0.25) is 0 Å². The minimum atomic E-state index is -1.01. The number of phenols is 2. The highest BCUT2D eigenvalue weighted by molar-refractivity contribution is 6.14. The summed E-state index contributed by atoms with van der Waals surface area (Å²) in [6.07, 6.45) is 11.3. The highest BCUT2D eigenvalue weighted by atomic mass is 16.3. The molecule has 0 saturated heterocycles. The van der Waals surface area contributed by atoms with Crippen LogP contribution in [0.1, 0.15) is 97.3 Å². The molecule has 0 spiro atoms. The van der Waals surface area contributed by atoms with Gasteiger partial charge in [-0.15, -0.1) is 0 Å². The summed E-state index contributed by atoms with van der Waals surface area (Å²) in [5.41, 5.74) is 5.59. The molecule has 3 rings (SSSR count). The number of benzene rings is 2. The summed E-state index contributed by atoms with van der Waals surface area (Å²) in [6, 6.07) is 5.38. The summed E-state index contributed by atoms with van der Waals surface area (Å²) < 4.78 is 0. The van der Waals surface area contributed by atoms with Crippen molar-refractivity contribution in [2.45, 2.75) is 92.9 Å². The van der Waals surface area contributed by atoms with E-state index in [1.54, 1.807) is 6.07 Å². The van der Waals surface area contributed by atoms with Crippen LogP contribution in [0.4, 0.5) is 0 Å². The van der Waals surface area contributed by atoms with E-state index < -0.39 is 5.41 Å². The zero-order chi connectivity index (χ0) is 29.1. The smallest absolute Gasteiger partial charge is 0.174 e. The highest BCUT2D eigenvalue weighted by Crippen LogP contribution is 2.52. The number of Topliss-reactive ketones (excluding diaryl/α,β-unsaturated/α-hetero) is 1. The molecular formula is C35H44O4. The Bertz CT molecular complexity index is 1430. The van der Waals surface area contributed by atoms with Crippen LogP contribution in [0.25, 0.3) is 16.5 Å². The lowest BCUT2D eigenvalue weighted by molar-refractivity contribution is -0.121. The maximum Gasteiger partial charge on any atom is 0.174 e. The largest absolute Gasteiger partial charge is 0.507 e. The third kappa shape index (κ3) is 6.38. The fraction of sp³-hybridized carbons (Fsp3) is 0.400. The molecule has 0 saturated carbocycles. The van der Waals surface area contributed by atoms with Crippen LogP contribution >= 0.6 is 0 Å². The van der Waals surface area contributed by atoms with Crippen molar-refractivity contribution >= 4 is 22.3 Å². The van der Waals surface area contributed by atoms with Crippen molar-refractivity contribution in [3.8, 4) is 11.5 Å². The van der Waals surface area contributed by atoms with Crippen molar-refractivity contribution in [3.05, 3.63) is 87.1 Å². The average molecular weight is 529 g/mol. The summed E-state index contributed by atoms with van der Waals surface area (Å²) in [4.78, 5) is 14.5. The highest BCUT2D eigenvalue weighted by Gasteiger charge is 2.47. The van der Waals surface area contributed by atoms with Crippen molar-refractivity contribution in [3.63, 3.8) is 0 Å². The van der Waals surface area contributed by atoms with Crippen molar-refractivity contribution in [1.29, 1.82) is 0 Å². The second kappa shape index (κ2) is 12.1. The molecular weight excluding hydrogens is 484 g/mol. The van der Waals surface area contributed by atoms with E-state index in [0.29, 0.717) is 29.4 Å². The molecule has 0 aliphatic heterocycles. The van der Waals surface area contributed by atoms with Crippen molar-refractivity contribution in [2.24, 2.45) is 0 Å². The maximum absolute atomic E-state index is 14.5. The SMILES string of the molecule is CC(C)=CCCC(C)=CC[C@]1(CC=C(C)C)C(=O)C(CC=C(C)C)=C(O)c2c1cc1cc(C)cc(O)c1c2O. The van der Waals surface area contributed by atoms with Crippen LogP contribution in [0.3, 0.4) is 0 Å². The molecule has 0 aromatic heterocycles. The van der Waals surface area contributed by atoms with E-state index in [1.807, 2.05) is 52.8 Å². The van der Waals surface area contributed by atoms with Gasteiger partial charge in [-0.3, -0.25) is 4.79 Å². The number of aliphatic hydroxyl groups excluding tert-OH is 1. The molecule has 1 aliphatic carbocycles. The third-order valence-corrected chi connectivity index (χ3v) is 7.55. The molecule has 39 heavy (non-hydrogen) atoms.